The topological polar surface area (TPSA) is 129 Å². The first-order chi connectivity index (χ1) is 12.6. The van der Waals surface area contributed by atoms with Crippen molar-refractivity contribution in [2.45, 2.75) is 24.5 Å². The first kappa shape index (κ1) is 16.9. The average Bonchev–Trinajstić information content (AvgIpc) is 3.23. The van der Waals surface area contributed by atoms with Crippen LogP contribution in [0.3, 0.4) is 0 Å². The third-order valence-corrected chi connectivity index (χ3v) is 4.52. The number of hydrogen-bond acceptors (Lipinski definition) is 8. The number of aromatic nitrogens is 4. The number of ether oxygens (including phenoxy) is 2. The van der Waals surface area contributed by atoms with Crippen LogP contribution in [-0.2, 0) is 9.47 Å². The molecule has 0 spiro atoms. The van der Waals surface area contributed by atoms with Gasteiger partial charge in [-0.05, 0) is 0 Å². The highest BCUT2D eigenvalue weighted by atomic mass is 16.6. The zero-order chi connectivity index (χ0) is 18.3. The van der Waals surface area contributed by atoms with E-state index >= 15 is 0 Å². The Morgan fingerprint density at radius 1 is 1.27 bits per heavy atom. The summed E-state index contributed by atoms with van der Waals surface area (Å²) in [7, 11) is 1.47. The molecule has 4 atom stereocenters. The summed E-state index contributed by atoms with van der Waals surface area (Å²) in [5.74, 6) is 0.711. The van der Waals surface area contributed by atoms with Crippen molar-refractivity contribution in [3.8, 4) is 11.4 Å². The van der Waals surface area contributed by atoms with Crippen molar-refractivity contribution in [1.82, 2.24) is 19.5 Å². The summed E-state index contributed by atoms with van der Waals surface area (Å²) in [6, 6.07) is 9.45. The number of nitrogen functional groups attached to an aromatic ring is 1. The van der Waals surface area contributed by atoms with E-state index in [1.165, 1.54) is 13.4 Å². The Morgan fingerprint density at radius 2 is 2.04 bits per heavy atom. The molecule has 9 nitrogen and oxygen atoms in total. The number of methoxy groups -OCH3 is 1. The number of nitrogens with two attached hydrogens (primary N) is 1. The number of anilines is 1. The molecule has 26 heavy (non-hydrogen) atoms. The average molecular weight is 357 g/mol. The monoisotopic (exact) mass is 357 g/mol. The van der Waals surface area contributed by atoms with Crippen LogP contribution >= 0.6 is 0 Å². The second kappa shape index (κ2) is 6.61. The summed E-state index contributed by atoms with van der Waals surface area (Å²) in [6.45, 7) is -0.323. The van der Waals surface area contributed by atoms with Crippen molar-refractivity contribution in [2.24, 2.45) is 0 Å². The molecular formula is C17H19N5O4. The fourth-order valence-corrected chi connectivity index (χ4v) is 3.19. The minimum absolute atomic E-state index is 0.249. The number of nitrogens with zero attached hydrogens (tertiary/aromatic N) is 4. The van der Waals surface area contributed by atoms with Gasteiger partial charge in [0.25, 0.3) is 0 Å². The number of aliphatic hydroxyl groups excluding tert-OH is 2. The third-order valence-electron chi connectivity index (χ3n) is 4.52. The number of benzene rings is 1. The van der Waals surface area contributed by atoms with Crippen molar-refractivity contribution in [2.75, 3.05) is 19.5 Å². The molecule has 2 aromatic heterocycles. The van der Waals surface area contributed by atoms with Gasteiger partial charge in [0.15, 0.2) is 23.5 Å². The second-order valence-electron chi connectivity index (χ2n) is 6.06. The van der Waals surface area contributed by atoms with E-state index in [4.69, 9.17) is 15.2 Å². The Kier molecular flexibility index (Phi) is 4.29. The lowest BCUT2D eigenvalue weighted by Gasteiger charge is -2.20. The highest BCUT2D eigenvalue weighted by Gasteiger charge is 2.45. The molecule has 4 N–H and O–H groups in total. The Morgan fingerprint density at radius 3 is 2.73 bits per heavy atom. The predicted octanol–water partition coefficient (Wildman–Crippen LogP) is 0.341. The molecule has 1 fully saturated rings. The maximum Gasteiger partial charge on any atom is 0.168 e. The Hall–Kier alpha value is -2.59. The summed E-state index contributed by atoms with van der Waals surface area (Å²) in [5.41, 5.74) is 7.79. The van der Waals surface area contributed by atoms with Crippen LogP contribution in [0.1, 0.15) is 6.23 Å². The molecule has 1 aliphatic heterocycles. The quantitative estimate of drug-likeness (QED) is 0.610. The number of rotatable bonds is 4. The molecule has 3 aromatic rings. The number of hydrogen-bond donors (Lipinski definition) is 3. The van der Waals surface area contributed by atoms with Crippen LogP contribution in [0.2, 0.25) is 0 Å². The van der Waals surface area contributed by atoms with E-state index in [2.05, 4.69) is 15.0 Å². The molecular weight excluding hydrogens is 338 g/mol. The van der Waals surface area contributed by atoms with Gasteiger partial charge in [0.1, 0.15) is 23.8 Å². The van der Waals surface area contributed by atoms with Gasteiger partial charge in [-0.3, -0.25) is 4.57 Å². The molecule has 1 aliphatic rings. The highest BCUT2D eigenvalue weighted by molar-refractivity contribution is 5.83. The zero-order valence-corrected chi connectivity index (χ0v) is 14.1. The summed E-state index contributed by atoms with van der Waals surface area (Å²) in [6.07, 6.45) is -1.58. The van der Waals surface area contributed by atoms with Gasteiger partial charge in [-0.15, -0.1) is 0 Å². The van der Waals surface area contributed by atoms with Gasteiger partial charge in [0, 0.05) is 12.7 Å². The summed E-state index contributed by atoms with van der Waals surface area (Å²) >= 11 is 0. The van der Waals surface area contributed by atoms with Crippen LogP contribution in [0.25, 0.3) is 22.6 Å². The lowest BCUT2D eigenvalue weighted by molar-refractivity contribution is -0.0583. The van der Waals surface area contributed by atoms with Crippen LogP contribution in [0, 0.1) is 0 Å². The molecule has 2 unspecified atom stereocenters. The number of aliphatic hydroxyl groups is 2. The standard InChI is InChI=1S/C17H19N5O4/c1-25-13-12(24)10(7-23)26-17(13)22-8-19-11-14(18)20-15(21-16(11)22)9-5-3-2-4-6-9/h2-6,8,10,12-13,17,23-24H,7H2,1H3,(H2,18,20,21)/t10-,12?,13?,17-/m1/s1. The van der Waals surface area contributed by atoms with Gasteiger partial charge < -0.3 is 25.4 Å². The van der Waals surface area contributed by atoms with Crippen molar-refractivity contribution in [1.29, 1.82) is 0 Å². The third kappa shape index (κ3) is 2.61. The van der Waals surface area contributed by atoms with Crippen LogP contribution in [-0.4, -0.2) is 61.8 Å². The van der Waals surface area contributed by atoms with E-state index < -0.39 is 24.5 Å². The van der Waals surface area contributed by atoms with Crippen LogP contribution in [0.15, 0.2) is 36.7 Å². The molecule has 1 aromatic carbocycles. The maximum absolute atomic E-state index is 10.3. The van der Waals surface area contributed by atoms with Crippen LogP contribution in [0.4, 0.5) is 5.82 Å². The van der Waals surface area contributed by atoms with Gasteiger partial charge in [-0.25, -0.2) is 15.0 Å². The van der Waals surface area contributed by atoms with E-state index in [-0.39, 0.29) is 12.4 Å². The fourth-order valence-electron chi connectivity index (χ4n) is 3.19. The highest BCUT2D eigenvalue weighted by Crippen LogP contribution is 2.34. The van der Waals surface area contributed by atoms with Crippen molar-refractivity contribution >= 4 is 17.0 Å². The van der Waals surface area contributed by atoms with Crippen molar-refractivity contribution in [3.05, 3.63) is 36.7 Å². The predicted molar refractivity (Wildman–Crippen MR) is 93.0 cm³/mol. The molecule has 9 heteroatoms. The maximum atomic E-state index is 10.3. The summed E-state index contributed by atoms with van der Waals surface area (Å²) in [4.78, 5) is 13.2. The molecule has 1 saturated heterocycles. The van der Waals surface area contributed by atoms with E-state index in [1.807, 2.05) is 30.3 Å². The van der Waals surface area contributed by atoms with Crippen molar-refractivity contribution < 1.29 is 19.7 Å². The number of fused-ring (bicyclic) bond motifs is 1. The van der Waals surface area contributed by atoms with E-state index in [0.29, 0.717) is 17.0 Å². The fraction of sp³-hybridized carbons (Fsp3) is 0.353. The minimum atomic E-state index is -0.972. The van der Waals surface area contributed by atoms with Gasteiger partial charge in [-0.2, -0.15) is 0 Å². The van der Waals surface area contributed by atoms with Gasteiger partial charge in [0.05, 0.1) is 12.9 Å². The van der Waals surface area contributed by atoms with E-state index in [9.17, 15) is 10.2 Å². The molecule has 136 valence electrons. The molecule has 0 amide bonds. The minimum Gasteiger partial charge on any atom is -0.394 e. The van der Waals surface area contributed by atoms with Gasteiger partial charge in [-0.1, -0.05) is 30.3 Å². The second-order valence-corrected chi connectivity index (χ2v) is 6.06. The van der Waals surface area contributed by atoms with Crippen LogP contribution < -0.4 is 5.73 Å². The summed E-state index contributed by atoms with van der Waals surface area (Å²) < 4.78 is 12.8. The normalized spacial score (nSPS) is 25.8. The molecule has 0 saturated carbocycles. The largest absolute Gasteiger partial charge is 0.394 e. The first-order valence-corrected chi connectivity index (χ1v) is 8.16. The SMILES string of the molecule is COC1C(O)[C@@H](CO)O[C@H]1n1cnc2c(N)nc(-c3ccccc3)nc21. The molecule has 0 radical (unpaired) electrons. The Balaban J connectivity index is 1.83. The Labute approximate surface area is 149 Å². The lowest BCUT2D eigenvalue weighted by atomic mass is 10.1. The Bertz CT molecular complexity index is 916. The van der Waals surface area contributed by atoms with Gasteiger partial charge in [0.2, 0.25) is 0 Å². The molecule has 3 heterocycles. The van der Waals surface area contributed by atoms with E-state index in [0.717, 1.165) is 5.56 Å². The first-order valence-electron chi connectivity index (χ1n) is 8.16. The molecule has 0 aliphatic carbocycles. The van der Waals surface area contributed by atoms with E-state index in [1.54, 1.807) is 4.57 Å². The lowest BCUT2D eigenvalue weighted by Crippen LogP contribution is -2.34. The van der Waals surface area contributed by atoms with Crippen molar-refractivity contribution in [3.63, 3.8) is 0 Å². The molecule has 0 bridgehead atoms. The van der Waals surface area contributed by atoms with Crippen LogP contribution in [0.5, 0.6) is 0 Å². The zero-order valence-electron chi connectivity index (χ0n) is 14.1. The van der Waals surface area contributed by atoms with Gasteiger partial charge >= 0.3 is 0 Å². The number of imidazole rings is 1. The molecule has 4 rings (SSSR count). The smallest absolute Gasteiger partial charge is 0.168 e. The summed E-state index contributed by atoms with van der Waals surface area (Å²) in [5, 5.41) is 19.7.